The molecule has 0 spiro atoms. The molecule has 0 bridgehead atoms. The fraction of sp³-hybridized carbons (Fsp3) is 0.250. The Labute approximate surface area is 171 Å². The van der Waals surface area contributed by atoms with E-state index in [-0.39, 0.29) is 5.91 Å². The van der Waals surface area contributed by atoms with Crippen molar-refractivity contribution in [3.8, 4) is 11.7 Å². The highest BCUT2D eigenvalue weighted by Gasteiger charge is 2.18. The molecule has 0 aliphatic rings. The molecule has 0 unspecified atom stereocenters. The molecule has 1 N–H and O–H groups in total. The van der Waals surface area contributed by atoms with Crippen LogP contribution < -0.4 is 10.1 Å². The predicted octanol–water partition coefficient (Wildman–Crippen LogP) is 2.82. The van der Waals surface area contributed by atoms with E-state index in [1.165, 1.54) is 7.11 Å². The summed E-state index contributed by atoms with van der Waals surface area (Å²) in [6, 6.07) is 11.5. The minimum atomic E-state index is -0.157. The molecule has 0 atom stereocenters. The Balaban J connectivity index is 1.44. The van der Waals surface area contributed by atoms with Crippen LogP contribution in [-0.2, 0) is 12.8 Å². The van der Waals surface area contributed by atoms with Gasteiger partial charge in [0.2, 0.25) is 5.88 Å². The van der Waals surface area contributed by atoms with Gasteiger partial charge in [-0.05, 0) is 24.6 Å². The van der Waals surface area contributed by atoms with Gasteiger partial charge < -0.3 is 10.1 Å². The third kappa shape index (κ3) is 3.95. The van der Waals surface area contributed by atoms with Gasteiger partial charge in [0.15, 0.2) is 5.82 Å². The topological polar surface area (TPSA) is 94.8 Å². The fourth-order valence-electron chi connectivity index (χ4n) is 3.04. The number of benzene rings is 1. The number of ether oxygens (including phenoxy) is 1. The van der Waals surface area contributed by atoms with Crippen molar-refractivity contribution < 1.29 is 9.53 Å². The van der Waals surface area contributed by atoms with Crippen LogP contribution in [0.3, 0.4) is 0 Å². The summed E-state index contributed by atoms with van der Waals surface area (Å²) in [5.41, 5.74) is 2.31. The minimum absolute atomic E-state index is 0.157. The summed E-state index contributed by atoms with van der Waals surface area (Å²) in [5, 5.41) is 16.4. The van der Waals surface area contributed by atoms with E-state index in [9.17, 15) is 4.79 Å². The standard InChI is InChI=1S/C20H20N6O2S/c1-3-15-13(12-22-26(15)17-8-9-18(28-2)25-24-17)20(27)21-11-10-19-23-14-6-4-5-7-16(14)29-19/h4-9,12H,3,10-11H2,1-2H3,(H,21,27). The number of hydrogen-bond donors (Lipinski definition) is 1. The van der Waals surface area contributed by atoms with Gasteiger partial charge in [0.05, 0.1) is 39.8 Å². The number of carbonyl (C=O) groups is 1. The zero-order chi connectivity index (χ0) is 20.2. The molecule has 148 valence electrons. The maximum absolute atomic E-state index is 12.7. The van der Waals surface area contributed by atoms with E-state index in [1.807, 2.05) is 25.1 Å². The zero-order valence-corrected chi connectivity index (χ0v) is 16.9. The van der Waals surface area contributed by atoms with Gasteiger partial charge in [-0.2, -0.15) is 5.10 Å². The van der Waals surface area contributed by atoms with E-state index in [1.54, 1.807) is 34.3 Å². The number of nitrogens with zero attached hydrogens (tertiary/aromatic N) is 5. The summed E-state index contributed by atoms with van der Waals surface area (Å²) in [7, 11) is 1.53. The Hall–Kier alpha value is -3.33. The van der Waals surface area contributed by atoms with E-state index in [4.69, 9.17) is 4.74 Å². The van der Waals surface area contributed by atoms with Crippen molar-refractivity contribution in [2.24, 2.45) is 0 Å². The summed E-state index contributed by atoms with van der Waals surface area (Å²) >= 11 is 1.65. The number of hydrogen-bond acceptors (Lipinski definition) is 7. The number of carbonyl (C=O) groups excluding carboxylic acids is 1. The molecule has 4 rings (SSSR count). The number of methoxy groups -OCH3 is 1. The first-order valence-electron chi connectivity index (χ1n) is 9.27. The average molecular weight is 408 g/mol. The number of nitrogens with one attached hydrogen (secondary N) is 1. The molecule has 0 aliphatic carbocycles. The van der Waals surface area contributed by atoms with Crippen LogP contribution in [0.5, 0.6) is 5.88 Å². The van der Waals surface area contributed by atoms with Gasteiger partial charge in [-0.25, -0.2) is 9.67 Å². The highest BCUT2D eigenvalue weighted by molar-refractivity contribution is 7.18. The molecule has 9 heteroatoms. The smallest absolute Gasteiger partial charge is 0.254 e. The highest BCUT2D eigenvalue weighted by atomic mass is 32.1. The van der Waals surface area contributed by atoms with Crippen molar-refractivity contribution in [3.05, 3.63) is 58.9 Å². The average Bonchev–Trinajstić information content (AvgIpc) is 3.37. The molecular formula is C20H20N6O2S. The predicted molar refractivity (Wildman–Crippen MR) is 111 cm³/mol. The summed E-state index contributed by atoms with van der Waals surface area (Å²) in [5.74, 6) is 0.804. The molecule has 1 amide bonds. The minimum Gasteiger partial charge on any atom is -0.480 e. The molecule has 0 aliphatic heterocycles. The number of fused-ring (bicyclic) bond motifs is 1. The lowest BCUT2D eigenvalue weighted by Gasteiger charge is -2.07. The number of para-hydroxylation sites is 1. The Morgan fingerprint density at radius 3 is 2.79 bits per heavy atom. The molecule has 8 nitrogen and oxygen atoms in total. The van der Waals surface area contributed by atoms with Crippen LogP contribution in [-0.4, -0.2) is 44.5 Å². The van der Waals surface area contributed by atoms with Crippen LogP contribution in [0.25, 0.3) is 16.0 Å². The Bertz CT molecular complexity index is 1100. The van der Waals surface area contributed by atoms with Gasteiger partial charge in [0.1, 0.15) is 0 Å². The maximum Gasteiger partial charge on any atom is 0.254 e. The van der Waals surface area contributed by atoms with E-state index in [2.05, 4.69) is 31.7 Å². The molecular weight excluding hydrogens is 388 g/mol. The summed E-state index contributed by atoms with van der Waals surface area (Å²) in [6.45, 7) is 2.48. The van der Waals surface area contributed by atoms with Crippen LogP contribution >= 0.6 is 11.3 Å². The molecule has 3 aromatic heterocycles. The Morgan fingerprint density at radius 2 is 2.07 bits per heavy atom. The number of aromatic nitrogens is 5. The van der Waals surface area contributed by atoms with Gasteiger partial charge in [0.25, 0.3) is 5.91 Å². The summed E-state index contributed by atoms with van der Waals surface area (Å²) < 4.78 is 7.82. The first-order chi connectivity index (χ1) is 14.2. The molecule has 0 saturated heterocycles. The lowest BCUT2D eigenvalue weighted by molar-refractivity contribution is 0.0953. The van der Waals surface area contributed by atoms with E-state index in [0.29, 0.717) is 36.6 Å². The van der Waals surface area contributed by atoms with Crippen molar-refractivity contribution in [3.63, 3.8) is 0 Å². The Morgan fingerprint density at radius 1 is 1.21 bits per heavy atom. The third-order valence-corrected chi connectivity index (χ3v) is 5.56. The molecule has 0 fully saturated rings. The van der Waals surface area contributed by atoms with Crippen LogP contribution in [0.4, 0.5) is 0 Å². The van der Waals surface area contributed by atoms with Crippen LogP contribution in [0, 0.1) is 0 Å². The van der Waals surface area contributed by atoms with Crippen LogP contribution in [0.2, 0.25) is 0 Å². The first-order valence-corrected chi connectivity index (χ1v) is 10.1. The molecule has 4 aromatic rings. The molecule has 29 heavy (non-hydrogen) atoms. The monoisotopic (exact) mass is 408 g/mol. The van der Waals surface area contributed by atoms with Crippen molar-refractivity contribution in [2.75, 3.05) is 13.7 Å². The third-order valence-electron chi connectivity index (χ3n) is 4.46. The van der Waals surface area contributed by atoms with E-state index in [0.717, 1.165) is 20.9 Å². The molecule has 3 heterocycles. The lowest BCUT2D eigenvalue weighted by Crippen LogP contribution is -2.26. The summed E-state index contributed by atoms with van der Waals surface area (Å²) in [6.07, 6.45) is 2.89. The van der Waals surface area contributed by atoms with Crippen molar-refractivity contribution in [2.45, 2.75) is 19.8 Å². The van der Waals surface area contributed by atoms with Gasteiger partial charge >= 0.3 is 0 Å². The van der Waals surface area contributed by atoms with E-state index < -0.39 is 0 Å². The number of amides is 1. The lowest BCUT2D eigenvalue weighted by atomic mass is 10.2. The van der Waals surface area contributed by atoms with Crippen LogP contribution in [0.15, 0.2) is 42.6 Å². The largest absolute Gasteiger partial charge is 0.480 e. The Kier molecular flexibility index (Phi) is 5.48. The molecule has 0 radical (unpaired) electrons. The van der Waals surface area contributed by atoms with Crippen LogP contribution in [0.1, 0.15) is 28.0 Å². The normalized spacial score (nSPS) is 11.0. The number of thiazole rings is 1. The SMILES string of the molecule is CCc1c(C(=O)NCCc2nc3ccccc3s2)cnn1-c1ccc(OC)nn1. The molecule has 1 aromatic carbocycles. The van der Waals surface area contributed by atoms with Gasteiger partial charge in [0, 0.05) is 19.0 Å². The quantitative estimate of drug-likeness (QED) is 0.505. The fourth-order valence-corrected chi connectivity index (χ4v) is 4.01. The van der Waals surface area contributed by atoms with Gasteiger partial charge in [-0.3, -0.25) is 4.79 Å². The molecule has 0 saturated carbocycles. The van der Waals surface area contributed by atoms with E-state index >= 15 is 0 Å². The second-order valence-electron chi connectivity index (χ2n) is 6.29. The van der Waals surface area contributed by atoms with Crippen molar-refractivity contribution in [1.29, 1.82) is 0 Å². The van der Waals surface area contributed by atoms with Gasteiger partial charge in [-0.15, -0.1) is 21.5 Å². The number of rotatable bonds is 7. The highest BCUT2D eigenvalue weighted by Crippen LogP contribution is 2.21. The van der Waals surface area contributed by atoms with Gasteiger partial charge in [-0.1, -0.05) is 19.1 Å². The second-order valence-corrected chi connectivity index (χ2v) is 7.40. The van der Waals surface area contributed by atoms with Crippen molar-refractivity contribution in [1.82, 2.24) is 30.3 Å². The first kappa shape index (κ1) is 19.0. The zero-order valence-electron chi connectivity index (χ0n) is 16.1. The summed E-state index contributed by atoms with van der Waals surface area (Å²) in [4.78, 5) is 17.3. The van der Waals surface area contributed by atoms with Crippen molar-refractivity contribution >= 4 is 27.5 Å². The maximum atomic E-state index is 12.7. The second kappa shape index (κ2) is 8.36.